The third-order valence-electron chi connectivity index (χ3n) is 5.72. The van der Waals surface area contributed by atoms with E-state index in [4.69, 9.17) is 0 Å². The highest BCUT2D eigenvalue weighted by molar-refractivity contribution is 5.91. The molecular formula is C25H33N3O. The number of carbonyl (C=O) groups is 1. The number of unbranched alkanes of at least 4 members (excludes halogenated alkanes) is 1. The van der Waals surface area contributed by atoms with Crippen molar-refractivity contribution < 1.29 is 4.79 Å². The van der Waals surface area contributed by atoms with Gasteiger partial charge < -0.3 is 10.2 Å². The first-order chi connectivity index (χ1) is 14.3. The van der Waals surface area contributed by atoms with Gasteiger partial charge in [-0.3, -0.25) is 9.78 Å². The Labute approximate surface area is 175 Å². The van der Waals surface area contributed by atoms with E-state index in [2.05, 4.69) is 45.5 Å². The zero-order valence-electron chi connectivity index (χ0n) is 17.3. The maximum Gasteiger partial charge on any atom is 0.243 e. The molecule has 3 rings (SSSR count). The van der Waals surface area contributed by atoms with Gasteiger partial charge in [-0.25, -0.2) is 0 Å². The number of aromatic nitrogens is 1. The molecule has 1 N–H and O–H groups in total. The van der Waals surface area contributed by atoms with Crippen molar-refractivity contribution in [2.24, 2.45) is 5.92 Å². The summed E-state index contributed by atoms with van der Waals surface area (Å²) in [6.45, 7) is 4.39. The van der Waals surface area contributed by atoms with Crippen molar-refractivity contribution in [1.82, 2.24) is 15.2 Å². The second-order valence-corrected chi connectivity index (χ2v) is 7.93. The number of nitrogens with one attached hydrogen (secondary N) is 1. The Kier molecular flexibility index (Phi) is 8.92. The Morgan fingerprint density at radius 3 is 2.69 bits per heavy atom. The number of rotatable bonds is 10. The minimum Gasteiger partial charge on any atom is -0.353 e. The van der Waals surface area contributed by atoms with E-state index in [0.29, 0.717) is 0 Å². The molecule has 0 spiro atoms. The smallest absolute Gasteiger partial charge is 0.243 e. The SMILES string of the molecule is O=C(/C=C/c1cccnc1)NCCCCC1CCN(CCc2ccccc2)CC1. The number of pyridine rings is 1. The van der Waals surface area contributed by atoms with E-state index in [1.807, 2.05) is 12.1 Å². The fraction of sp³-hybridized carbons (Fsp3) is 0.440. The molecule has 0 aliphatic carbocycles. The predicted octanol–water partition coefficient (Wildman–Crippen LogP) is 4.34. The van der Waals surface area contributed by atoms with Crippen LogP contribution in [0.5, 0.6) is 0 Å². The minimum atomic E-state index is -0.0272. The van der Waals surface area contributed by atoms with Crippen LogP contribution in [0.1, 0.15) is 43.2 Å². The lowest BCUT2D eigenvalue weighted by Crippen LogP contribution is -2.35. The van der Waals surface area contributed by atoms with E-state index in [1.165, 1.54) is 50.9 Å². The van der Waals surface area contributed by atoms with Crippen LogP contribution in [0.25, 0.3) is 6.08 Å². The lowest BCUT2D eigenvalue weighted by molar-refractivity contribution is -0.116. The number of hydrogen-bond acceptors (Lipinski definition) is 3. The Morgan fingerprint density at radius 1 is 1.10 bits per heavy atom. The average molecular weight is 392 g/mol. The summed E-state index contributed by atoms with van der Waals surface area (Å²) in [7, 11) is 0. The topological polar surface area (TPSA) is 45.2 Å². The van der Waals surface area contributed by atoms with Crippen molar-refractivity contribution in [3.05, 3.63) is 72.1 Å². The van der Waals surface area contributed by atoms with E-state index in [-0.39, 0.29) is 5.91 Å². The van der Waals surface area contributed by atoms with E-state index in [1.54, 1.807) is 24.5 Å². The second-order valence-electron chi connectivity index (χ2n) is 7.93. The number of piperidine rings is 1. The summed E-state index contributed by atoms with van der Waals surface area (Å²) in [6, 6.07) is 14.6. The molecule has 0 saturated carbocycles. The Morgan fingerprint density at radius 2 is 1.93 bits per heavy atom. The summed E-state index contributed by atoms with van der Waals surface area (Å²) in [5.41, 5.74) is 2.38. The molecule has 1 aliphatic rings. The van der Waals surface area contributed by atoms with Crippen molar-refractivity contribution in [3.63, 3.8) is 0 Å². The lowest BCUT2D eigenvalue weighted by Gasteiger charge is -2.32. The van der Waals surface area contributed by atoms with Crippen LogP contribution in [0, 0.1) is 5.92 Å². The van der Waals surface area contributed by atoms with Gasteiger partial charge in [-0.2, -0.15) is 0 Å². The third kappa shape index (κ3) is 8.20. The number of carbonyl (C=O) groups excluding carboxylic acids is 1. The zero-order chi connectivity index (χ0) is 20.2. The van der Waals surface area contributed by atoms with Gasteiger partial charge in [-0.15, -0.1) is 0 Å². The number of benzene rings is 1. The van der Waals surface area contributed by atoms with Crippen molar-refractivity contribution in [3.8, 4) is 0 Å². The van der Waals surface area contributed by atoms with Gasteiger partial charge >= 0.3 is 0 Å². The van der Waals surface area contributed by atoms with Gasteiger partial charge in [0.25, 0.3) is 0 Å². The molecule has 1 aromatic heterocycles. The molecule has 2 heterocycles. The molecule has 1 aliphatic heterocycles. The first-order valence-electron chi connectivity index (χ1n) is 10.9. The standard InChI is InChI=1S/C25H33N3O/c29-25(12-11-24-10-6-16-26-21-24)27-17-5-4-9-23-14-19-28(20-15-23)18-13-22-7-2-1-3-8-22/h1-3,6-8,10-12,16,21,23H,4-5,9,13-15,17-20H2,(H,27,29)/b12-11+. The van der Waals surface area contributed by atoms with E-state index in [9.17, 15) is 4.79 Å². The summed E-state index contributed by atoms with van der Waals surface area (Å²) in [6.07, 6.45) is 14.2. The van der Waals surface area contributed by atoms with Crippen LogP contribution in [0.15, 0.2) is 60.9 Å². The first-order valence-corrected chi connectivity index (χ1v) is 10.9. The summed E-state index contributed by atoms with van der Waals surface area (Å²) < 4.78 is 0. The molecule has 1 amide bonds. The average Bonchev–Trinajstić information content (AvgIpc) is 2.78. The van der Waals surface area contributed by atoms with Gasteiger partial charge in [-0.05, 0) is 68.0 Å². The molecule has 0 bridgehead atoms. The maximum atomic E-state index is 11.9. The molecule has 4 heteroatoms. The zero-order valence-corrected chi connectivity index (χ0v) is 17.3. The molecule has 29 heavy (non-hydrogen) atoms. The molecule has 1 aromatic carbocycles. The molecule has 2 aromatic rings. The molecule has 154 valence electrons. The van der Waals surface area contributed by atoms with Gasteiger partial charge in [-0.1, -0.05) is 49.2 Å². The highest BCUT2D eigenvalue weighted by Crippen LogP contribution is 2.22. The first kappa shape index (κ1) is 21.3. The molecule has 1 saturated heterocycles. The molecule has 0 atom stereocenters. The Hall–Kier alpha value is -2.46. The Balaban J connectivity index is 1.21. The maximum absolute atomic E-state index is 11.9. The van der Waals surface area contributed by atoms with Crippen LogP contribution in [0.3, 0.4) is 0 Å². The van der Waals surface area contributed by atoms with Crippen molar-refractivity contribution >= 4 is 12.0 Å². The highest BCUT2D eigenvalue weighted by atomic mass is 16.1. The van der Waals surface area contributed by atoms with Crippen LogP contribution in [-0.4, -0.2) is 42.0 Å². The number of hydrogen-bond donors (Lipinski definition) is 1. The summed E-state index contributed by atoms with van der Waals surface area (Å²) in [5, 5.41) is 2.98. The van der Waals surface area contributed by atoms with Crippen molar-refractivity contribution in [2.45, 2.75) is 38.5 Å². The van der Waals surface area contributed by atoms with Crippen LogP contribution >= 0.6 is 0 Å². The largest absolute Gasteiger partial charge is 0.353 e. The van der Waals surface area contributed by atoms with Gasteiger partial charge in [0.05, 0.1) is 0 Å². The highest BCUT2D eigenvalue weighted by Gasteiger charge is 2.18. The van der Waals surface area contributed by atoms with Crippen LogP contribution in [0.4, 0.5) is 0 Å². The van der Waals surface area contributed by atoms with E-state index >= 15 is 0 Å². The minimum absolute atomic E-state index is 0.0272. The molecular weight excluding hydrogens is 358 g/mol. The quantitative estimate of drug-likeness (QED) is 0.484. The number of nitrogens with zero attached hydrogens (tertiary/aromatic N) is 2. The summed E-state index contributed by atoms with van der Waals surface area (Å²) in [5.74, 6) is 0.824. The lowest BCUT2D eigenvalue weighted by atomic mass is 9.91. The van der Waals surface area contributed by atoms with Crippen molar-refractivity contribution in [2.75, 3.05) is 26.2 Å². The van der Waals surface area contributed by atoms with Crippen LogP contribution < -0.4 is 5.32 Å². The summed E-state index contributed by atoms with van der Waals surface area (Å²) in [4.78, 5) is 18.5. The molecule has 1 fully saturated rings. The van der Waals surface area contributed by atoms with Gasteiger partial charge in [0.2, 0.25) is 5.91 Å². The number of amides is 1. The monoisotopic (exact) mass is 391 g/mol. The van der Waals surface area contributed by atoms with Crippen LogP contribution in [-0.2, 0) is 11.2 Å². The second kappa shape index (κ2) is 12.2. The fourth-order valence-corrected chi connectivity index (χ4v) is 3.91. The summed E-state index contributed by atoms with van der Waals surface area (Å²) >= 11 is 0. The van der Waals surface area contributed by atoms with E-state index < -0.39 is 0 Å². The van der Waals surface area contributed by atoms with Crippen LogP contribution in [0.2, 0.25) is 0 Å². The van der Waals surface area contributed by atoms with Gasteiger partial charge in [0, 0.05) is 31.6 Å². The van der Waals surface area contributed by atoms with E-state index in [0.717, 1.165) is 30.9 Å². The third-order valence-corrected chi connectivity index (χ3v) is 5.72. The van der Waals surface area contributed by atoms with Gasteiger partial charge in [0.1, 0.15) is 0 Å². The molecule has 0 radical (unpaired) electrons. The van der Waals surface area contributed by atoms with Crippen molar-refractivity contribution in [1.29, 1.82) is 0 Å². The fourth-order valence-electron chi connectivity index (χ4n) is 3.91. The normalized spacial score (nSPS) is 15.6. The number of likely N-dealkylation sites (tertiary alicyclic amines) is 1. The predicted molar refractivity (Wildman–Crippen MR) is 119 cm³/mol. The molecule has 0 unspecified atom stereocenters. The Bertz CT molecular complexity index is 737. The van der Waals surface area contributed by atoms with Gasteiger partial charge in [0.15, 0.2) is 0 Å². The molecule has 4 nitrogen and oxygen atoms in total.